The van der Waals surface area contributed by atoms with Crippen molar-refractivity contribution in [1.82, 2.24) is 9.55 Å². The number of para-hydroxylation sites is 1. The van der Waals surface area contributed by atoms with E-state index in [1.54, 1.807) is 10.6 Å². The molecule has 2 N–H and O–H groups in total. The van der Waals surface area contributed by atoms with Gasteiger partial charge in [0.1, 0.15) is 0 Å². The van der Waals surface area contributed by atoms with Crippen LogP contribution in [0.1, 0.15) is 12.8 Å². The van der Waals surface area contributed by atoms with E-state index in [-0.39, 0.29) is 18.3 Å². The van der Waals surface area contributed by atoms with Crippen molar-refractivity contribution in [2.75, 3.05) is 25.1 Å². The number of fused-ring (bicyclic) bond motifs is 1. The fourth-order valence-corrected chi connectivity index (χ4v) is 2.63. The van der Waals surface area contributed by atoms with Gasteiger partial charge in [-0.2, -0.15) is 0 Å². The third-order valence-corrected chi connectivity index (χ3v) is 3.67. The first kappa shape index (κ1) is 14.0. The highest BCUT2D eigenvalue weighted by atomic mass is 16.5. The molecule has 1 saturated heterocycles. The van der Waals surface area contributed by atoms with E-state index in [1.807, 2.05) is 18.2 Å². The molecule has 112 valence electrons. The lowest BCUT2D eigenvalue weighted by Crippen LogP contribution is -2.30. The summed E-state index contributed by atoms with van der Waals surface area (Å²) in [6.07, 6.45) is 2.04. The van der Waals surface area contributed by atoms with Gasteiger partial charge in [-0.3, -0.25) is 9.36 Å². The van der Waals surface area contributed by atoms with E-state index >= 15 is 0 Å². The Morgan fingerprint density at radius 1 is 1.43 bits per heavy atom. The van der Waals surface area contributed by atoms with Crippen LogP contribution >= 0.6 is 0 Å². The third-order valence-electron chi connectivity index (χ3n) is 3.67. The van der Waals surface area contributed by atoms with E-state index in [9.17, 15) is 4.79 Å². The minimum absolute atomic E-state index is 0.0113. The second-order valence-electron chi connectivity index (χ2n) is 5.15. The molecule has 3 rings (SSSR count). The molecule has 1 fully saturated rings. The highest BCUT2D eigenvalue weighted by molar-refractivity contribution is 5.78. The Kier molecular flexibility index (Phi) is 4.17. The maximum Gasteiger partial charge on any atom is 0.262 e. The lowest BCUT2D eigenvalue weighted by molar-refractivity contribution is 0.0965. The second-order valence-corrected chi connectivity index (χ2v) is 5.15. The number of anilines is 1. The monoisotopic (exact) mass is 289 g/mol. The molecule has 1 aromatic heterocycles. The van der Waals surface area contributed by atoms with Gasteiger partial charge in [-0.15, -0.1) is 0 Å². The van der Waals surface area contributed by atoms with Gasteiger partial charge in [-0.05, 0) is 25.0 Å². The SMILES string of the molecule is O=c1c2ccccc2nc(NCCO)n1CC1CCCO1. The number of aliphatic hydroxyl groups excluding tert-OH is 1. The van der Waals surface area contributed by atoms with Crippen LogP contribution in [-0.4, -0.2) is 40.5 Å². The first-order chi connectivity index (χ1) is 10.3. The average molecular weight is 289 g/mol. The topological polar surface area (TPSA) is 76.4 Å². The predicted octanol–water partition coefficient (Wildman–Crippen LogP) is 0.980. The lowest BCUT2D eigenvalue weighted by atomic mass is 10.2. The van der Waals surface area contributed by atoms with E-state index in [0.717, 1.165) is 19.4 Å². The van der Waals surface area contributed by atoms with Gasteiger partial charge in [-0.25, -0.2) is 4.98 Å². The summed E-state index contributed by atoms with van der Waals surface area (Å²) in [6, 6.07) is 7.29. The first-order valence-electron chi connectivity index (χ1n) is 7.25. The van der Waals surface area contributed by atoms with Crippen LogP contribution in [0.2, 0.25) is 0 Å². The molecule has 1 atom stereocenters. The third kappa shape index (κ3) is 2.91. The van der Waals surface area contributed by atoms with Crippen molar-refractivity contribution >= 4 is 16.9 Å². The summed E-state index contributed by atoms with van der Waals surface area (Å²) in [5.74, 6) is 0.489. The van der Waals surface area contributed by atoms with Crippen molar-refractivity contribution in [3.63, 3.8) is 0 Å². The number of benzene rings is 1. The van der Waals surface area contributed by atoms with Gasteiger partial charge in [0, 0.05) is 13.2 Å². The highest BCUT2D eigenvalue weighted by Gasteiger charge is 2.19. The Bertz CT molecular complexity index is 677. The van der Waals surface area contributed by atoms with Gasteiger partial charge in [-0.1, -0.05) is 12.1 Å². The van der Waals surface area contributed by atoms with Gasteiger partial charge < -0.3 is 15.2 Å². The molecule has 1 aliphatic heterocycles. The normalized spacial score (nSPS) is 18.2. The maximum atomic E-state index is 12.7. The zero-order chi connectivity index (χ0) is 14.7. The molecule has 1 aliphatic rings. The standard InChI is InChI=1S/C15H19N3O3/c19-8-7-16-15-17-13-6-2-1-5-12(13)14(20)18(15)10-11-4-3-9-21-11/h1-2,5-6,11,19H,3-4,7-10H2,(H,16,17). The number of nitrogens with one attached hydrogen (secondary N) is 1. The number of ether oxygens (including phenoxy) is 1. The number of rotatable bonds is 5. The van der Waals surface area contributed by atoms with Crippen LogP contribution in [0.25, 0.3) is 10.9 Å². The van der Waals surface area contributed by atoms with Crippen molar-refractivity contribution in [3.05, 3.63) is 34.6 Å². The fraction of sp³-hybridized carbons (Fsp3) is 0.467. The first-order valence-corrected chi connectivity index (χ1v) is 7.25. The molecule has 1 unspecified atom stereocenters. The molecule has 0 saturated carbocycles. The molecule has 21 heavy (non-hydrogen) atoms. The van der Waals surface area contributed by atoms with E-state index in [2.05, 4.69) is 10.3 Å². The molecule has 6 nitrogen and oxygen atoms in total. The summed E-state index contributed by atoms with van der Waals surface area (Å²) in [5.41, 5.74) is 0.586. The van der Waals surface area contributed by atoms with Crippen LogP contribution in [-0.2, 0) is 11.3 Å². The molecular weight excluding hydrogens is 270 g/mol. The Hall–Kier alpha value is -1.92. The number of aromatic nitrogens is 2. The maximum absolute atomic E-state index is 12.7. The molecule has 0 radical (unpaired) electrons. The zero-order valence-electron chi connectivity index (χ0n) is 11.8. The summed E-state index contributed by atoms with van der Waals surface area (Å²) in [7, 11) is 0. The molecular formula is C15H19N3O3. The van der Waals surface area contributed by atoms with Crippen LogP contribution in [0.15, 0.2) is 29.1 Å². The summed E-state index contributed by atoms with van der Waals surface area (Å²) in [4.78, 5) is 17.2. The summed E-state index contributed by atoms with van der Waals surface area (Å²) >= 11 is 0. The van der Waals surface area contributed by atoms with Crippen molar-refractivity contribution < 1.29 is 9.84 Å². The molecule has 0 bridgehead atoms. The number of nitrogens with zero attached hydrogens (tertiary/aromatic N) is 2. The number of hydrogen-bond acceptors (Lipinski definition) is 5. The molecule has 0 spiro atoms. The van der Waals surface area contributed by atoms with Crippen LogP contribution < -0.4 is 10.9 Å². The van der Waals surface area contributed by atoms with Gasteiger partial charge in [0.05, 0.1) is 30.2 Å². The molecule has 0 amide bonds. The van der Waals surface area contributed by atoms with Crippen LogP contribution in [0.5, 0.6) is 0 Å². The van der Waals surface area contributed by atoms with Crippen molar-refractivity contribution in [1.29, 1.82) is 0 Å². The largest absolute Gasteiger partial charge is 0.395 e. The van der Waals surface area contributed by atoms with Gasteiger partial charge >= 0.3 is 0 Å². The summed E-state index contributed by atoms with van der Waals surface area (Å²) in [5, 5.41) is 12.6. The minimum Gasteiger partial charge on any atom is -0.395 e. The zero-order valence-corrected chi connectivity index (χ0v) is 11.8. The molecule has 2 aromatic rings. The Labute approximate surface area is 122 Å². The van der Waals surface area contributed by atoms with Gasteiger partial charge in [0.15, 0.2) is 0 Å². The quantitative estimate of drug-likeness (QED) is 0.858. The molecule has 0 aliphatic carbocycles. The molecule has 6 heteroatoms. The number of aliphatic hydroxyl groups is 1. The predicted molar refractivity (Wildman–Crippen MR) is 80.6 cm³/mol. The minimum atomic E-state index is -0.0726. The Balaban J connectivity index is 2.04. The fourth-order valence-electron chi connectivity index (χ4n) is 2.63. The molecule has 1 aromatic carbocycles. The van der Waals surface area contributed by atoms with Crippen LogP contribution in [0.3, 0.4) is 0 Å². The van der Waals surface area contributed by atoms with Gasteiger partial charge in [0.2, 0.25) is 5.95 Å². The number of hydrogen-bond donors (Lipinski definition) is 2. The molecule has 2 heterocycles. The van der Waals surface area contributed by atoms with E-state index in [4.69, 9.17) is 9.84 Å². The summed E-state index contributed by atoms with van der Waals surface area (Å²) in [6.45, 7) is 1.59. The second kappa shape index (κ2) is 6.24. The van der Waals surface area contributed by atoms with E-state index in [1.165, 1.54) is 0 Å². The van der Waals surface area contributed by atoms with E-state index < -0.39 is 0 Å². The van der Waals surface area contributed by atoms with Crippen molar-refractivity contribution in [2.45, 2.75) is 25.5 Å². The smallest absolute Gasteiger partial charge is 0.262 e. The van der Waals surface area contributed by atoms with Crippen LogP contribution in [0.4, 0.5) is 5.95 Å². The summed E-state index contributed by atoms with van der Waals surface area (Å²) < 4.78 is 7.24. The van der Waals surface area contributed by atoms with E-state index in [0.29, 0.717) is 29.9 Å². The average Bonchev–Trinajstić information content (AvgIpc) is 3.01. The van der Waals surface area contributed by atoms with Crippen LogP contribution in [0, 0.1) is 0 Å². The lowest BCUT2D eigenvalue weighted by Gasteiger charge is -2.17. The van der Waals surface area contributed by atoms with Crippen molar-refractivity contribution in [2.24, 2.45) is 0 Å². The highest BCUT2D eigenvalue weighted by Crippen LogP contribution is 2.17. The van der Waals surface area contributed by atoms with Crippen molar-refractivity contribution in [3.8, 4) is 0 Å². The Morgan fingerprint density at radius 3 is 3.05 bits per heavy atom. The van der Waals surface area contributed by atoms with Gasteiger partial charge in [0.25, 0.3) is 5.56 Å². The Morgan fingerprint density at radius 2 is 2.29 bits per heavy atom.